The van der Waals surface area contributed by atoms with E-state index < -0.39 is 17.9 Å². The van der Waals surface area contributed by atoms with Gasteiger partial charge in [-0.3, -0.25) is 4.79 Å². The van der Waals surface area contributed by atoms with Gasteiger partial charge in [-0.2, -0.15) is 13.2 Å². The largest absolute Gasteiger partial charge is 0.468 e. The van der Waals surface area contributed by atoms with Gasteiger partial charge in [-0.15, -0.1) is 0 Å². The normalized spacial score (nSPS) is 16.0. The number of nitrogens with zero attached hydrogens (tertiary/aromatic N) is 5. The molecule has 1 atom stereocenters. The molecule has 1 saturated heterocycles. The van der Waals surface area contributed by atoms with E-state index in [-0.39, 0.29) is 34.4 Å². The van der Waals surface area contributed by atoms with Crippen LogP contribution in [-0.4, -0.2) is 43.4 Å². The first-order valence-electron chi connectivity index (χ1n) is 10.4. The number of hydrogen-bond donors (Lipinski definition) is 1. The number of carbonyl (C=O) groups is 1. The fourth-order valence-corrected chi connectivity index (χ4v) is 4.08. The van der Waals surface area contributed by atoms with Crippen molar-refractivity contribution in [2.45, 2.75) is 18.6 Å². The van der Waals surface area contributed by atoms with Crippen LogP contribution in [0.1, 0.15) is 29.5 Å². The Labute approximate surface area is 195 Å². The third-order valence-electron chi connectivity index (χ3n) is 5.73. The molecule has 1 fully saturated rings. The molecule has 178 valence electrons. The van der Waals surface area contributed by atoms with Gasteiger partial charge in [0, 0.05) is 25.4 Å². The molecule has 1 aromatic carbocycles. The third kappa shape index (κ3) is 3.95. The average Bonchev–Trinajstić information content (AvgIpc) is 3.53. The second-order valence-electron chi connectivity index (χ2n) is 7.90. The number of oxazole rings is 1. The Morgan fingerprint density at radius 1 is 1.26 bits per heavy atom. The fourth-order valence-electron chi connectivity index (χ4n) is 4.08. The molecule has 4 aromatic rings. The van der Waals surface area contributed by atoms with Crippen LogP contribution in [0, 0.1) is 17.7 Å². The molecule has 35 heavy (non-hydrogen) atoms. The Kier molecular flexibility index (Phi) is 5.20. The second-order valence-corrected chi connectivity index (χ2v) is 7.90. The molecule has 0 aliphatic carbocycles. The molecular formula is C23H16F4N6O2. The highest BCUT2D eigenvalue weighted by Gasteiger charge is 2.37. The minimum absolute atomic E-state index is 0.102. The molecule has 0 spiro atoms. The smallest absolute Gasteiger partial charge is 0.433 e. The number of nitrogens with two attached hydrogens (primary N) is 1. The first kappa shape index (κ1) is 22.4. The lowest BCUT2D eigenvalue weighted by Gasteiger charge is -2.15. The summed E-state index contributed by atoms with van der Waals surface area (Å²) < 4.78 is 59.6. The Hall–Kier alpha value is -4.40. The van der Waals surface area contributed by atoms with Crippen LogP contribution in [0.5, 0.6) is 0 Å². The van der Waals surface area contributed by atoms with Gasteiger partial charge < -0.3 is 19.6 Å². The summed E-state index contributed by atoms with van der Waals surface area (Å²) in [6.07, 6.45) is 0.129. The van der Waals surface area contributed by atoms with Gasteiger partial charge in [-0.1, -0.05) is 18.4 Å². The standard InChI is InChI=1S/C23H16F4N6O2/c1-2-18(34)32-6-5-14(10-32)33-9-13(19-20(28)29-11-30-21(19)33)4-3-12-7-16-17(8-15(12)24)35-22(31-16)23(25,26)27/h2,7-9,11,14H,1,5-6,10H2,(H2,28,29,30)/t14-/m0/s1. The number of nitrogen functional groups attached to an aromatic ring is 1. The van der Waals surface area contributed by atoms with Gasteiger partial charge in [0.1, 0.15) is 29.1 Å². The molecule has 0 saturated carbocycles. The van der Waals surface area contributed by atoms with Crippen LogP contribution in [0.3, 0.4) is 0 Å². The number of hydrogen-bond acceptors (Lipinski definition) is 6. The van der Waals surface area contributed by atoms with Gasteiger partial charge >= 0.3 is 12.1 Å². The maximum absolute atomic E-state index is 14.6. The lowest BCUT2D eigenvalue weighted by atomic mass is 10.1. The van der Waals surface area contributed by atoms with Crippen molar-refractivity contribution < 1.29 is 26.8 Å². The Morgan fingerprint density at radius 3 is 2.77 bits per heavy atom. The molecule has 1 amide bonds. The van der Waals surface area contributed by atoms with Gasteiger partial charge in [0.2, 0.25) is 5.91 Å². The van der Waals surface area contributed by atoms with E-state index in [0.717, 1.165) is 12.1 Å². The first-order chi connectivity index (χ1) is 16.7. The number of aromatic nitrogens is 4. The van der Waals surface area contributed by atoms with Crippen LogP contribution in [0.4, 0.5) is 23.4 Å². The number of benzene rings is 1. The van der Waals surface area contributed by atoms with Crippen molar-refractivity contribution in [3.63, 3.8) is 0 Å². The monoisotopic (exact) mass is 484 g/mol. The van der Waals surface area contributed by atoms with Crippen molar-refractivity contribution in [2.75, 3.05) is 18.8 Å². The highest BCUT2D eigenvalue weighted by molar-refractivity contribution is 5.92. The summed E-state index contributed by atoms with van der Waals surface area (Å²) in [6.45, 7) is 4.49. The molecule has 1 aliphatic heterocycles. The average molecular weight is 484 g/mol. The third-order valence-corrected chi connectivity index (χ3v) is 5.73. The Bertz CT molecular complexity index is 1560. The summed E-state index contributed by atoms with van der Waals surface area (Å²) in [5.41, 5.74) is 6.30. The second kappa shape index (κ2) is 8.12. The topological polar surface area (TPSA) is 103 Å². The lowest BCUT2D eigenvalue weighted by Crippen LogP contribution is -2.27. The van der Waals surface area contributed by atoms with E-state index in [0.29, 0.717) is 36.1 Å². The summed E-state index contributed by atoms with van der Waals surface area (Å²) in [5, 5.41) is 0.454. The van der Waals surface area contributed by atoms with Gasteiger partial charge in [-0.25, -0.2) is 19.3 Å². The van der Waals surface area contributed by atoms with Crippen LogP contribution in [0.15, 0.2) is 41.7 Å². The van der Waals surface area contributed by atoms with Gasteiger partial charge in [0.25, 0.3) is 0 Å². The van der Waals surface area contributed by atoms with Crippen LogP contribution < -0.4 is 5.73 Å². The van der Waals surface area contributed by atoms with Crippen molar-refractivity contribution in [3.05, 3.63) is 60.1 Å². The molecule has 8 nitrogen and oxygen atoms in total. The highest BCUT2D eigenvalue weighted by atomic mass is 19.4. The summed E-state index contributed by atoms with van der Waals surface area (Å²) in [4.78, 5) is 25.3. The molecule has 0 radical (unpaired) electrons. The predicted octanol–water partition coefficient (Wildman–Crippen LogP) is 3.67. The van der Waals surface area contributed by atoms with Crippen molar-refractivity contribution in [2.24, 2.45) is 0 Å². The van der Waals surface area contributed by atoms with Crippen molar-refractivity contribution in [1.82, 2.24) is 24.4 Å². The Balaban J connectivity index is 1.55. The number of rotatable bonds is 2. The molecule has 12 heteroatoms. The molecule has 5 rings (SSSR count). The zero-order valence-electron chi connectivity index (χ0n) is 17.9. The molecule has 4 heterocycles. The number of halogens is 4. The molecule has 0 bridgehead atoms. The van der Waals surface area contributed by atoms with E-state index in [1.807, 2.05) is 4.57 Å². The SMILES string of the molecule is C=CC(=O)N1CC[C@H](n2cc(C#Cc3cc4nc(C(F)(F)F)oc4cc3F)c3c(N)ncnc32)C1. The molecule has 1 aliphatic rings. The summed E-state index contributed by atoms with van der Waals surface area (Å²) in [7, 11) is 0. The zero-order chi connectivity index (χ0) is 24.9. The van der Waals surface area contributed by atoms with E-state index in [1.165, 1.54) is 12.4 Å². The van der Waals surface area contributed by atoms with Gasteiger partial charge in [-0.05, 0) is 18.6 Å². The Morgan fingerprint density at radius 2 is 2.03 bits per heavy atom. The maximum atomic E-state index is 14.6. The van der Waals surface area contributed by atoms with Crippen LogP contribution in [0.25, 0.3) is 22.1 Å². The van der Waals surface area contributed by atoms with Crippen molar-refractivity contribution >= 4 is 33.9 Å². The van der Waals surface area contributed by atoms with Crippen molar-refractivity contribution in [3.8, 4) is 11.8 Å². The van der Waals surface area contributed by atoms with Crippen molar-refractivity contribution in [1.29, 1.82) is 0 Å². The number of carbonyl (C=O) groups excluding carboxylic acids is 1. The van der Waals surface area contributed by atoms with E-state index in [2.05, 4.69) is 37.8 Å². The van der Waals surface area contributed by atoms with Crippen LogP contribution in [-0.2, 0) is 11.0 Å². The lowest BCUT2D eigenvalue weighted by molar-refractivity contribution is -0.156. The summed E-state index contributed by atoms with van der Waals surface area (Å²) in [6, 6.07) is 1.80. The van der Waals surface area contributed by atoms with E-state index >= 15 is 0 Å². The summed E-state index contributed by atoms with van der Waals surface area (Å²) >= 11 is 0. The zero-order valence-corrected chi connectivity index (χ0v) is 17.9. The van der Waals surface area contributed by atoms with Gasteiger partial charge in [0.15, 0.2) is 5.58 Å². The summed E-state index contributed by atoms with van der Waals surface area (Å²) in [5.74, 6) is 3.12. The van der Waals surface area contributed by atoms with E-state index in [9.17, 15) is 22.4 Å². The van der Waals surface area contributed by atoms with Crippen LogP contribution >= 0.6 is 0 Å². The predicted molar refractivity (Wildman–Crippen MR) is 117 cm³/mol. The number of likely N-dealkylation sites (tertiary alicyclic amines) is 1. The number of alkyl halides is 3. The fraction of sp³-hybridized carbons (Fsp3) is 0.217. The number of anilines is 1. The quantitative estimate of drug-likeness (QED) is 0.265. The number of fused-ring (bicyclic) bond motifs is 2. The molecule has 0 unspecified atom stereocenters. The van der Waals surface area contributed by atoms with E-state index in [1.54, 1.807) is 11.1 Å². The highest BCUT2D eigenvalue weighted by Crippen LogP contribution is 2.33. The molecular weight excluding hydrogens is 468 g/mol. The maximum Gasteiger partial charge on any atom is 0.468 e. The van der Waals surface area contributed by atoms with Gasteiger partial charge in [0.05, 0.1) is 22.6 Å². The molecule has 3 aromatic heterocycles. The van der Waals surface area contributed by atoms with Crippen LogP contribution in [0.2, 0.25) is 0 Å². The minimum atomic E-state index is -4.80. The first-order valence-corrected chi connectivity index (χ1v) is 10.4. The minimum Gasteiger partial charge on any atom is -0.433 e. The van der Waals surface area contributed by atoms with E-state index in [4.69, 9.17) is 5.73 Å². The molecule has 2 N–H and O–H groups in total. The number of amides is 1.